The van der Waals surface area contributed by atoms with E-state index in [2.05, 4.69) is 0 Å². The predicted molar refractivity (Wildman–Crippen MR) is 145 cm³/mol. The molecule has 228 valence electrons. The molecule has 0 saturated carbocycles. The Bertz CT molecular complexity index is 1120. The third kappa shape index (κ3) is 12.5. The minimum Gasteiger partial charge on any atom is -0.462 e. The van der Waals surface area contributed by atoms with Gasteiger partial charge in [0.1, 0.15) is 6.61 Å². The van der Waals surface area contributed by atoms with Crippen LogP contribution in [0.5, 0.6) is 0 Å². The van der Waals surface area contributed by atoms with Crippen LogP contribution in [0, 0.1) is 0 Å². The standard InChI is InChI=1S/C30H36O12/c1-19(31)36-18-26(39-20(2)32)27(40-21(3)33)28(41-22(4)34)29(42-23(5)35)30(37-16-24-12-8-6-9-13-24)38-17-25-14-10-7-11-15-25/h6-15,26-30H,16-18H2,1-5H3. The number of hydrogen-bond donors (Lipinski definition) is 0. The van der Waals surface area contributed by atoms with E-state index in [-0.39, 0.29) is 13.2 Å². The summed E-state index contributed by atoms with van der Waals surface area (Å²) in [7, 11) is 0. The van der Waals surface area contributed by atoms with E-state index in [1.165, 1.54) is 0 Å². The molecule has 2 aromatic rings. The van der Waals surface area contributed by atoms with Crippen LogP contribution in [0.3, 0.4) is 0 Å². The number of carbonyl (C=O) groups is 5. The summed E-state index contributed by atoms with van der Waals surface area (Å²) in [6.07, 6.45) is -7.70. The largest absolute Gasteiger partial charge is 0.462 e. The van der Waals surface area contributed by atoms with Gasteiger partial charge in [0.15, 0.2) is 30.7 Å². The van der Waals surface area contributed by atoms with Crippen LogP contribution in [-0.4, -0.2) is 67.2 Å². The van der Waals surface area contributed by atoms with Gasteiger partial charge in [-0.15, -0.1) is 0 Å². The zero-order valence-corrected chi connectivity index (χ0v) is 24.2. The minimum absolute atomic E-state index is 0.0100. The number of hydrogen-bond acceptors (Lipinski definition) is 12. The van der Waals surface area contributed by atoms with Crippen molar-refractivity contribution in [3.8, 4) is 0 Å². The second kappa shape index (κ2) is 17.5. The maximum atomic E-state index is 12.4. The van der Waals surface area contributed by atoms with E-state index in [9.17, 15) is 24.0 Å². The molecule has 0 fully saturated rings. The lowest BCUT2D eigenvalue weighted by Gasteiger charge is -2.38. The molecule has 4 unspecified atom stereocenters. The second-order valence-electron chi connectivity index (χ2n) is 9.13. The van der Waals surface area contributed by atoms with Crippen LogP contribution in [0.4, 0.5) is 0 Å². The monoisotopic (exact) mass is 588 g/mol. The van der Waals surface area contributed by atoms with Gasteiger partial charge in [0.25, 0.3) is 0 Å². The highest BCUT2D eigenvalue weighted by Crippen LogP contribution is 2.25. The molecule has 12 nitrogen and oxygen atoms in total. The molecule has 4 atom stereocenters. The molecule has 2 aromatic carbocycles. The lowest BCUT2D eigenvalue weighted by Crippen LogP contribution is -2.57. The number of ether oxygens (including phenoxy) is 7. The summed E-state index contributed by atoms with van der Waals surface area (Å²) in [5, 5.41) is 0. The fourth-order valence-corrected chi connectivity index (χ4v) is 3.88. The first-order chi connectivity index (χ1) is 20.0. The van der Waals surface area contributed by atoms with E-state index in [1.807, 2.05) is 12.1 Å². The molecule has 0 aliphatic carbocycles. The fraction of sp³-hybridized carbons (Fsp3) is 0.433. The van der Waals surface area contributed by atoms with Gasteiger partial charge in [-0.05, 0) is 11.1 Å². The van der Waals surface area contributed by atoms with Crippen LogP contribution in [-0.2, 0) is 70.3 Å². The Balaban J connectivity index is 2.60. The van der Waals surface area contributed by atoms with Crippen LogP contribution < -0.4 is 0 Å². The van der Waals surface area contributed by atoms with Crippen molar-refractivity contribution in [2.45, 2.75) is 78.5 Å². The number of carbonyl (C=O) groups excluding carboxylic acids is 5. The molecule has 0 radical (unpaired) electrons. The minimum atomic E-state index is -1.65. The van der Waals surface area contributed by atoms with Crippen LogP contribution in [0.2, 0.25) is 0 Å². The van der Waals surface area contributed by atoms with Crippen LogP contribution in [0.25, 0.3) is 0 Å². The normalized spacial score (nSPS) is 13.7. The van der Waals surface area contributed by atoms with E-state index in [0.29, 0.717) is 0 Å². The zero-order chi connectivity index (χ0) is 31.1. The molecule has 0 heterocycles. The maximum Gasteiger partial charge on any atom is 0.303 e. The molecule has 0 aromatic heterocycles. The van der Waals surface area contributed by atoms with Crippen molar-refractivity contribution < 1.29 is 57.1 Å². The van der Waals surface area contributed by atoms with E-state index < -0.39 is 67.2 Å². The summed E-state index contributed by atoms with van der Waals surface area (Å²) in [6.45, 7) is 4.90. The summed E-state index contributed by atoms with van der Waals surface area (Å²) in [4.78, 5) is 60.5. The molecule has 0 aliphatic heterocycles. The Morgan fingerprint density at radius 3 is 1.33 bits per heavy atom. The Morgan fingerprint density at radius 1 is 0.524 bits per heavy atom. The SMILES string of the molecule is CC(=O)OCC(OC(C)=O)C(OC(C)=O)C(OC(C)=O)C(OC(C)=O)C(OCc1ccccc1)OCc1ccccc1. The number of esters is 5. The van der Waals surface area contributed by atoms with Gasteiger partial charge in [-0.3, -0.25) is 24.0 Å². The Hall–Kier alpha value is -4.29. The third-order valence-corrected chi connectivity index (χ3v) is 5.47. The molecule has 0 bridgehead atoms. The molecule has 0 saturated heterocycles. The second-order valence-corrected chi connectivity index (χ2v) is 9.13. The van der Waals surface area contributed by atoms with Gasteiger partial charge in [0.05, 0.1) is 13.2 Å². The van der Waals surface area contributed by atoms with Crippen LogP contribution >= 0.6 is 0 Å². The molecule has 2 rings (SSSR count). The van der Waals surface area contributed by atoms with Crippen molar-refractivity contribution in [3.63, 3.8) is 0 Å². The maximum absolute atomic E-state index is 12.4. The molecule has 0 spiro atoms. The first kappa shape index (κ1) is 33.9. The van der Waals surface area contributed by atoms with Crippen LogP contribution in [0.15, 0.2) is 60.7 Å². The van der Waals surface area contributed by atoms with Gasteiger partial charge in [0.2, 0.25) is 0 Å². The average Bonchev–Trinajstić information content (AvgIpc) is 2.92. The van der Waals surface area contributed by atoms with Crippen molar-refractivity contribution >= 4 is 29.8 Å². The first-order valence-electron chi connectivity index (χ1n) is 13.1. The highest BCUT2D eigenvalue weighted by atomic mass is 16.7. The van der Waals surface area contributed by atoms with Gasteiger partial charge in [0, 0.05) is 34.6 Å². The quantitative estimate of drug-likeness (QED) is 0.161. The number of rotatable bonds is 16. The van der Waals surface area contributed by atoms with Crippen molar-refractivity contribution in [2.75, 3.05) is 6.61 Å². The molecule has 12 heteroatoms. The molecule has 0 N–H and O–H groups in total. The summed E-state index contributed by atoms with van der Waals surface area (Å²) < 4.78 is 39.1. The zero-order valence-electron chi connectivity index (χ0n) is 24.2. The van der Waals surface area contributed by atoms with Crippen LogP contribution in [0.1, 0.15) is 45.7 Å². The molecular formula is C30H36O12. The highest BCUT2D eigenvalue weighted by Gasteiger charge is 2.48. The third-order valence-electron chi connectivity index (χ3n) is 5.47. The fourth-order valence-electron chi connectivity index (χ4n) is 3.88. The summed E-state index contributed by atoms with van der Waals surface area (Å²) >= 11 is 0. The highest BCUT2D eigenvalue weighted by molar-refractivity contribution is 5.69. The van der Waals surface area contributed by atoms with E-state index in [1.54, 1.807) is 48.5 Å². The molecular weight excluding hydrogens is 552 g/mol. The van der Waals surface area contributed by atoms with Crippen molar-refractivity contribution in [1.29, 1.82) is 0 Å². The van der Waals surface area contributed by atoms with Crippen molar-refractivity contribution in [1.82, 2.24) is 0 Å². The van der Waals surface area contributed by atoms with Gasteiger partial charge in [-0.1, -0.05) is 60.7 Å². The van der Waals surface area contributed by atoms with E-state index >= 15 is 0 Å². The van der Waals surface area contributed by atoms with Gasteiger partial charge in [-0.2, -0.15) is 0 Å². The molecule has 0 amide bonds. The predicted octanol–water partition coefficient (Wildman–Crippen LogP) is 3.04. The van der Waals surface area contributed by atoms with Gasteiger partial charge < -0.3 is 33.2 Å². The average molecular weight is 589 g/mol. The molecule has 0 aliphatic rings. The lowest BCUT2D eigenvalue weighted by atomic mass is 10.0. The van der Waals surface area contributed by atoms with Gasteiger partial charge in [-0.25, -0.2) is 0 Å². The first-order valence-corrected chi connectivity index (χ1v) is 13.1. The lowest BCUT2D eigenvalue weighted by molar-refractivity contribution is -0.256. The smallest absolute Gasteiger partial charge is 0.303 e. The Morgan fingerprint density at radius 2 is 0.929 bits per heavy atom. The molecule has 42 heavy (non-hydrogen) atoms. The Kier molecular flexibility index (Phi) is 14.1. The topological polar surface area (TPSA) is 150 Å². The summed E-state index contributed by atoms with van der Waals surface area (Å²) in [6, 6.07) is 18.1. The summed E-state index contributed by atoms with van der Waals surface area (Å²) in [5.74, 6) is -4.05. The Labute approximate surface area is 244 Å². The van der Waals surface area contributed by atoms with Crippen molar-refractivity contribution in [2.24, 2.45) is 0 Å². The van der Waals surface area contributed by atoms with E-state index in [4.69, 9.17) is 33.2 Å². The van der Waals surface area contributed by atoms with Crippen molar-refractivity contribution in [3.05, 3.63) is 71.8 Å². The summed E-state index contributed by atoms with van der Waals surface area (Å²) in [5.41, 5.74) is 1.50. The van der Waals surface area contributed by atoms with Gasteiger partial charge >= 0.3 is 29.8 Å². The van der Waals surface area contributed by atoms with E-state index in [0.717, 1.165) is 45.7 Å². The number of benzene rings is 2.